The van der Waals surface area contributed by atoms with Crippen molar-refractivity contribution in [1.29, 1.82) is 0 Å². The first-order valence-corrected chi connectivity index (χ1v) is 12.0. The Hall–Kier alpha value is -2.13. The summed E-state index contributed by atoms with van der Waals surface area (Å²) < 4.78 is 4.35. The molecule has 0 aliphatic heterocycles. The second-order valence-corrected chi connectivity index (χ2v) is 7.60. The number of benzene rings is 2. The summed E-state index contributed by atoms with van der Waals surface area (Å²) in [6, 6.07) is 24.3. The van der Waals surface area contributed by atoms with Crippen LogP contribution in [0.1, 0.15) is 0 Å². The monoisotopic (exact) mass is 524 g/mol. The van der Waals surface area contributed by atoms with E-state index in [1.807, 2.05) is 137 Å². The number of anilines is 3. The molecule has 0 atom stereocenters. The molecule has 1 aromatic heterocycles. The molecule has 4 nitrogen and oxygen atoms in total. The van der Waals surface area contributed by atoms with E-state index in [4.69, 9.17) is 0 Å². The second-order valence-electron chi connectivity index (χ2n) is 7.11. The van der Waals surface area contributed by atoms with E-state index in [-0.39, 0.29) is 0 Å². The number of hydrogen-bond acceptors (Lipinski definition) is 4. The predicted molar refractivity (Wildman–Crippen MR) is 139 cm³/mol. The summed E-state index contributed by atoms with van der Waals surface area (Å²) in [5.74, 6) is 0. The minimum atomic E-state index is 1.10. The topological polar surface area (TPSA) is 31.7 Å². The van der Waals surface area contributed by atoms with Crippen LogP contribution in [0.3, 0.4) is 0 Å². The molecule has 0 bridgehead atoms. The molecule has 3 aromatic rings. The van der Waals surface area contributed by atoms with Crippen LogP contribution in [0.2, 0.25) is 0 Å². The fraction of sp³-hybridized carbons (Fsp3) is 0.0690. The van der Waals surface area contributed by atoms with Crippen LogP contribution in [0.4, 0.5) is 17.1 Å². The van der Waals surface area contributed by atoms with Crippen molar-refractivity contribution in [3.8, 4) is 0 Å². The normalized spacial score (nSPS) is 13.7. The third kappa shape index (κ3) is 11.8. The van der Waals surface area contributed by atoms with Crippen molar-refractivity contribution in [3.63, 3.8) is 0 Å². The number of para-hydroxylation sites is 2. The molecule has 0 spiro atoms. The Morgan fingerprint density at radius 2 is 0.882 bits per heavy atom. The maximum absolute atomic E-state index is 4.35. The van der Waals surface area contributed by atoms with Crippen molar-refractivity contribution >= 4 is 17.1 Å². The van der Waals surface area contributed by atoms with Crippen LogP contribution in [-0.4, -0.2) is 19.1 Å². The summed E-state index contributed by atoms with van der Waals surface area (Å²) >= 11 is 1.14. The van der Waals surface area contributed by atoms with Gasteiger partial charge in [0.15, 0.2) is 0 Å². The first kappa shape index (κ1) is 28.1. The molecular formula is C29H30N4Zr. The summed E-state index contributed by atoms with van der Waals surface area (Å²) in [7, 11) is 4.02. The van der Waals surface area contributed by atoms with Crippen molar-refractivity contribution in [2.24, 2.45) is 2.98 Å². The molecule has 0 saturated heterocycles. The van der Waals surface area contributed by atoms with E-state index < -0.39 is 0 Å². The Kier molecular flexibility index (Phi) is 15.1. The van der Waals surface area contributed by atoms with E-state index in [0.717, 1.165) is 35.9 Å². The minimum absolute atomic E-state index is 1.10. The molecule has 2 aliphatic rings. The molecule has 34 heavy (non-hydrogen) atoms. The summed E-state index contributed by atoms with van der Waals surface area (Å²) in [6.45, 7) is 0. The fourth-order valence-corrected chi connectivity index (χ4v) is 3.25. The van der Waals surface area contributed by atoms with Crippen molar-refractivity contribution in [2.75, 3.05) is 24.0 Å². The molecule has 0 unspecified atom stereocenters. The molecule has 0 amide bonds. The molecule has 2 saturated carbocycles. The van der Waals surface area contributed by atoms with Crippen LogP contribution in [-0.2, 0) is 24.6 Å². The molecular weight excluding hydrogens is 496 g/mol. The van der Waals surface area contributed by atoms with Crippen LogP contribution < -0.4 is 9.91 Å². The summed E-state index contributed by atoms with van der Waals surface area (Å²) in [5.41, 5.74) is 3.38. The quantitative estimate of drug-likeness (QED) is 0.357. The predicted octanol–water partition coefficient (Wildman–Crippen LogP) is 6.66. The number of nitrogens with zero attached hydrogens (tertiary/aromatic N) is 4. The number of pyridine rings is 1. The van der Waals surface area contributed by atoms with Gasteiger partial charge in [-0.05, 0) is 76.3 Å². The number of hydrogen-bond donors (Lipinski definition) is 0. The van der Waals surface area contributed by atoms with Crippen LogP contribution in [0.5, 0.6) is 0 Å². The maximum atomic E-state index is 4.35. The zero-order valence-electron chi connectivity index (χ0n) is 19.6. The van der Waals surface area contributed by atoms with Gasteiger partial charge < -0.3 is 4.90 Å². The van der Waals surface area contributed by atoms with E-state index in [2.05, 4.69) is 32.2 Å². The molecule has 10 radical (unpaired) electrons. The molecule has 1 heterocycles. The van der Waals surface area contributed by atoms with E-state index >= 15 is 0 Å². The molecule has 2 aliphatic carbocycles. The van der Waals surface area contributed by atoms with Gasteiger partial charge in [0.1, 0.15) is 0 Å². The van der Waals surface area contributed by atoms with Gasteiger partial charge in [0.25, 0.3) is 0 Å². The van der Waals surface area contributed by atoms with Crippen LogP contribution in [0.15, 0.2) is 88.2 Å². The molecule has 170 valence electrons. The van der Waals surface area contributed by atoms with E-state index in [1.54, 1.807) is 12.4 Å². The number of aromatic nitrogens is 1. The molecule has 2 aromatic carbocycles. The third-order valence-corrected chi connectivity index (χ3v) is 4.88. The van der Waals surface area contributed by atoms with Gasteiger partial charge in [0.05, 0.1) is 0 Å². The standard InChI is InChI=1S/C12H10N2.C7H10N2.2C5H5.Zr/c13-14(11-7-3-1-4-8-11)12-9-5-2-6-10-12;1-9(2)7-3-5-8-6-4-7;2*1-2-4-5-3-1;/h1-10H;3-6H,1-2H3;2*1-5H;. The first-order chi connectivity index (χ1) is 16.7. The summed E-state index contributed by atoms with van der Waals surface area (Å²) in [4.78, 5) is 5.94. The van der Waals surface area contributed by atoms with Crippen molar-refractivity contribution in [3.05, 3.63) is 149 Å². The van der Waals surface area contributed by atoms with Gasteiger partial charge in [-0.15, -0.1) is 0 Å². The van der Waals surface area contributed by atoms with Crippen molar-refractivity contribution in [1.82, 2.24) is 4.98 Å². The zero-order valence-corrected chi connectivity index (χ0v) is 22.1. The zero-order chi connectivity index (χ0) is 24.3. The van der Waals surface area contributed by atoms with E-state index in [1.165, 1.54) is 5.69 Å². The van der Waals surface area contributed by atoms with Gasteiger partial charge in [-0.3, -0.25) is 4.98 Å². The molecule has 2 fully saturated rings. The fourth-order valence-electron chi connectivity index (χ4n) is 2.69. The van der Waals surface area contributed by atoms with Gasteiger partial charge in [0.2, 0.25) is 0 Å². The summed E-state index contributed by atoms with van der Waals surface area (Å²) in [6.07, 6.45) is 23.6. The van der Waals surface area contributed by atoms with Crippen molar-refractivity contribution < 1.29 is 24.6 Å². The average molecular weight is 526 g/mol. The molecule has 5 rings (SSSR count). The third-order valence-electron chi connectivity index (χ3n) is 4.39. The van der Waals surface area contributed by atoms with Gasteiger partial charge >= 0.3 is 105 Å². The Bertz CT molecular complexity index is 800. The Balaban J connectivity index is 0.000000180. The average Bonchev–Trinajstić information content (AvgIpc) is 3.67. The first-order valence-electron chi connectivity index (χ1n) is 10.9. The van der Waals surface area contributed by atoms with E-state index in [0.29, 0.717) is 0 Å². The van der Waals surface area contributed by atoms with Crippen LogP contribution >= 0.6 is 0 Å². The van der Waals surface area contributed by atoms with Gasteiger partial charge in [-0.25, -0.2) is 0 Å². The van der Waals surface area contributed by atoms with Crippen molar-refractivity contribution in [2.45, 2.75) is 0 Å². The van der Waals surface area contributed by atoms with Gasteiger partial charge in [-0.1, -0.05) is 0 Å². The Labute approximate surface area is 222 Å². The van der Waals surface area contributed by atoms with E-state index in [9.17, 15) is 0 Å². The van der Waals surface area contributed by atoms with Gasteiger partial charge in [-0.2, -0.15) is 0 Å². The van der Waals surface area contributed by atoms with Gasteiger partial charge in [0, 0.05) is 32.2 Å². The number of rotatable bonds is 4. The second kappa shape index (κ2) is 18.2. The molecule has 5 heteroatoms. The molecule has 0 N–H and O–H groups in total. The Morgan fingerprint density at radius 1 is 0.529 bits per heavy atom. The Morgan fingerprint density at radius 3 is 1.15 bits per heavy atom. The van der Waals surface area contributed by atoms with Crippen LogP contribution in [0.25, 0.3) is 0 Å². The summed E-state index contributed by atoms with van der Waals surface area (Å²) in [5, 5.41) is 1.96. The SMILES string of the molecule is CN(C)c1ccncc1.[CH]1[CH][CH][CH][CH]1.[CH]1[CH][CH][CH][CH]1.[Zr]=[N]N(c1ccccc1)c1ccccc1. The van der Waals surface area contributed by atoms with Crippen LogP contribution in [0, 0.1) is 64.2 Å².